The molecule has 1 fully saturated rings. The van der Waals surface area contributed by atoms with E-state index in [1.807, 2.05) is 12.1 Å². The van der Waals surface area contributed by atoms with Crippen LogP contribution in [0.25, 0.3) is 0 Å². The maximum atomic E-state index is 12.9. The van der Waals surface area contributed by atoms with Gasteiger partial charge < -0.3 is 14.8 Å². The highest BCUT2D eigenvalue weighted by Gasteiger charge is 2.23. The fourth-order valence-corrected chi connectivity index (χ4v) is 3.46. The topological polar surface area (TPSA) is 50.8 Å². The van der Waals surface area contributed by atoms with Crippen molar-refractivity contribution in [2.75, 3.05) is 33.4 Å². The summed E-state index contributed by atoms with van der Waals surface area (Å²) in [6, 6.07) is 13.8. The summed E-state index contributed by atoms with van der Waals surface area (Å²) < 4.78 is 23.6. The molecule has 0 aliphatic carbocycles. The lowest BCUT2D eigenvalue weighted by Gasteiger charge is -2.35. The van der Waals surface area contributed by atoms with E-state index in [-0.39, 0.29) is 24.4 Å². The smallest absolute Gasteiger partial charge is 0.258 e. The van der Waals surface area contributed by atoms with E-state index in [0.29, 0.717) is 12.3 Å². The molecule has 1 N–H and O–H groups in total. The van der Waals surface area contributed by atoms with Gasteiger partial charge in [0, 0.05) is 6.54 Å². The Morgan fingerprint density at radius 1 is 1.04 bits per heavy atom. The van der Waals surface area contributed by atoms with Gasteiger partial charge >= 0.3 is 0 Å². The van der Waals surface area contributed by atoms with Gasteiger partial charge in [-0.15, -0.1) is 0 Å². The van der Waals surface area contributed by atoms with Gasteiger partial charge in [-0.3, -0.25) is 9.69 Å². The lowest BCUT2D eigenvalue weighted by molar-refractivity contribution is -0.123. The van der Waals surface area contributed by atoms with E-state index in [1.165, 1.54) is 43.5 Å². The van der Waals surface area contributed by atoms with Crippen LogP contribution in [0, 0.1) is 5.82 Å². The van der Waals surface area contributed by atoms with Crippen LogP contribution in [0.5, 0.6) is 11.5 Å². The van der Waals surface area contributed by atoms with E-state index in [4.69, 9.17) is 9.47 Å². The standard InChI is InChI=1S/C22H27FN2O3/c1-27-19-9-5-17(6-10-19)21(25-13-3-2-4-14-25)15-24-22(26)16-28-20-11-7-18(23)8-12-20/h5-12,21H,2-4,13-16H2,1H3,(H,24,26). The van der Waals surface area contributed by atoms with Crippen molar-refractivity contribution in [1.29, 1.82) is 0 Å². The molecular formula is C22H27FN2O3. The van der Waals surface area contributed by atoms with Crippen molar-refractivity contribution in [3.05, 3.63) is 59.9 Å². The van der Waals surface area contributed by atoms with E-state index < -0.39 is 0 Å². The molecule has 1 amide bonds. The minimum atomic E-state index is -0.333. The summed E-state index contributed by atoms with van der Waals surface area (Å²) in [5.74, 6) is 0.762. The maximum Gasteiger partial charge on any atom is 0.258 e. The predicted molar refractivity (Wildman–Crippen MR) is 106 cm³/mol. The monoisotopic (exact) mass is 386 g/mol. The number of amides is 1. The van der Waals surface area contributed by atoms with Crippen molar-refractivity contribution in [3.8, 4) is 11.5 Å². The molecule has 0 spiro atoms. The molecule has 1 aliphatic rings. The summed E-state index contributed by atoms with van der Waals surface area (Å²) in [7, 11) is 1.65. The van der Waals surface area contributed by atoms with Crippen molar-refractivity contribution in [1.82, 2.24) is 10.2 Å². The van der Waals surface area contributed by atoms with Crippen LogP contribution < -0.4 is 14.8 Å². The SMILES string of the molecule is COc1ccc(C(CNC(=O)COc2ccc(F)cc2)N2CCCCC2)cc1. The molecule has 1 heterocycles. The summed E-state index contributed by atoms with van der Waals surface area (Å²) in [5, 5.41) is 2.98. The molecule has 5 nitrogen and oxygen atoms in total. The Hall–Kier alpha value is -2.60. The molecule has 0 aromatic heterocycles. The number of methoxy groups -OCH3 is 1. The van der Waals surface area contributed by atoms with Crippen molar-refractivity contribution in [2.24, 2.45) is 0 Å². The molecule has 1 unspecified atom stereocenters. The number of hydrogen-bond acceptors (Lipinski definition) is 4. The van der Waals surface area contributed by atoms with Crippen LogP contribution in [0.3, 0.4) is 0 Å². The molecule has 1 aliphatic heterocycles. The Morgan fingerprint density at radius 3 is 2.32 bits per heavy atom. The highest BCUT2D eigenvalue weighted by Crippen LogP contribution is 2.25. The number of likely N-dealkylation sites (tertiary alicyclic amines) is 1. The van der Waals surface area contributed by atoms with Crippen LogP contribution in [0.2, 0.25) is 0 Å². The third-order valence-corrected chi connectivity index (χ3v) is 5.01. The van der Waals surface area contributed by atoms with Gasteiger partial charge in [-0.1, -0.05) is 18.6 Å². The van der Waals surface area contributed by atoms with Crippen LogP contribution in [0.15, 0.2) is 48.5 Å². The first-order valence-corrected chi connectivity index (χ1v) is 9.69. The highest BCUT2D eigenvalue weighted by molar-refractivity contribution is 5.77. The zero-order valence-electron chi connectivity index (χ0n) is 16.2. The first-order valence-electron chi connectivity index (χ1n) is 9.69. The maximum absolute atomic E-state index is 12.9. The number of rotatable bonds is 8. The average molecular weight is 386 g/mol. The molecule has 0 bridgehead atoms. The molecular weight excluding hydrogens is 359 g/mol. The zero-order chi connectivity index (χ0) is 19.8. The van der Waals surface area contributed by atoms with Gasteiger partial charge in [0.25, 0.3) is 5.91 Å². The summed E-state index contributed by atoms with van der Waals surface area (Å²) in [6.07, 6.45) is 3.60. The fourth-order valence-electron chi connectivity index (χ4n) is 3.46. The van der Waals surface area contributed by atoms with Crippen LogP contribution in [-0.4, -0.2) is 44.2 Å². The summed E-state index contributed by atoms with van der Waals surface area (Å²) in [5.41, 5.74) is 1.16. The molecule has 0 radical (unpaired) electrons. The van der Waals surface area contributed by atoms with Crippen molar-refractivity contribution in [2.45, 2.75) is 25.3 Å². The summed E-state index contributed by atoms with van der Waals surface area (Å²) in [6.45, 7) is 2.47. The number of nitrogens with one attached hydrogen (secondary N) is 1. The van der Waals surface area contributed by atoms with Crippen LogP contribution in [0.1, 0.15) is 30.9 Å². The number of nitrogens with zero attached hydrogens (tertiary/aromatic N) is 1. The normalized spacial score (nSPS) is 15.6. The summed E-state index contributed by atoms with van der Waals surface area (Å²) >= 11 is 0. The number of carbonyl (C=O) groups is 1. The van der Waals surface area contributed by atoms with Gasteiger partial charge in [0.1, 0.15) is 17.3 Å². The number of hydrogen-bond donors (Lipinski definition) is 1. The van der Waals surface area contributed by atoms with Crippen LogP contribution >= 0.6 is 0 Å². The first kappa shape index (κ1) is 20.1. The number of carbonyl (C=O) groups excluding carboxylic acids is 1. The Balaban J connectivity index is 1.58. The Kier molecular flexibility index (Phi) is 7.25. The molecule has 3 rings (SSSR count). The Labute approximate surface area is 165 Å². The van der Waals surface area contributed by atoms with E-state index in [0.717, 1.165) is 24.4 Å². The quantitative estimate of drug-likeness (QED) is 0.754. The molecule has 1 saturated heterocycles. The second-order valence-corrected chi connectivity index (χ2v) is 6.93. The number of piperidine rings is 1. The number of benzene rings is 2. The third-order valence-electron chi connectivity index (χ3n) is 5.01. The fraction of sp³-hybridized carbons (Fsp3) is 0.409. The Morgan fingerprint density at radius 2 is 1.68 bits per heavy atom. The summed E-state index contributed by atoms with van der Waals surface area (Å²) in [4.78, 5) is 14.7. The first-order chi connectivity index (χ1) is 13.7. The molecule has 2 aromatic rings. The van der Waals surface area contributed by atoms with E-state index >= 15 is 0 Å². The van der Waals surface area contributed by atoms with Gasteiger partial charge in [-0.05, 0) is 67.9 Å². The third kappa shape index (κ3) is 5.70. The van der Waals surface area contributed by atoms with Crippen molar-refractivity contribution < 1.29 is 18.7 Å². The molecule has 6 heteroatoms. The lowest BCUT2D eigenvalue weighted by atomic mass is 10.0. The van der Waals surface area contributed by atoms with Gasteiger partial charge in [0.2, 0.25) is 0 Å². The second-order valence-electron chi connectivity index (χ2n) is 6.93. The van der Waals surface area contributed by atoms with Gasteiger partial charge in [0.05, 0.1) is 13.2 Å². The highest BCUT2D eigenvalue weighted by atomic mass is 19.1. The van der Waals surface area contributed by atoms with Gasteiger partial charge in [-0.2, -0.15) is 0 Å². The predicted octanol–water partition coefficient (Wildman–Crippen LogP) is 3.56. The average Bonchev–Trinajstić information content (AvgIpc) is 2.74. The van der Waals surface area contributed by atoms with Crippen LogP contribution in [0.4, 0.5) is 4.39 Å². The number of halogens is 1. The molecule has 28 heavy (non-hydrogen) atoms. The van der Waals surface area contributed by atoms with Gasteiger partial charge in [-0.25, -0.2) is 4.39 Å². The van der Waals surface area contributed by atoms with E-state index in [2.05, 4.69) is 22.3 Å². The van der Waals surface area contributed by atoms with Gasteiger partial charge in [0.15, 0.2) is 6.61 Å². The lowest BCUT2D eigenvalue weighted by Crippen LogP contribution is -2.41. The van der Waals surface area contributed by atoms with Crippen molar-refractivity contribution in [3.63, 3.8) is 0 Å². The number of ether oxygens (including phenoxy) is 2. The molecule has 2 aromatic carbocycles. The zero-order valence-corrected chi connectivity index (χ0v) is 16.2. The Bertz CT molecular complexity index is 743. The minimum Gasteiger partial charge on any atom is -0.497 e. The van der Waals surface area contributed by atoms with E-state index in [1.54, 1.807) is 7.11 Å². The van der Waals surface area contributed by atoms with E-state index in [9.17, 15) is 9.18 Å². The van der Waals surface area contributed by atoms with Crippen LogP contribution in [-0.2, 0) is 4.79 Å². The second kappa shape index (κ2) is 10.1. The minimum absolute atomic E-state index is 0.0963. The molecule has 0 saturated carbocycles. The van der Waals surface area contributed by atoms with Crippen molar-refractivity contribution >= 4 is 5.91 Å². The molecule has 150 valence electrons. The largest absolute Gasteiger partial charge is 0.497 e. The molecule has 1 atom stereocenters.